The molecule has 1 rings (SSSR count). The normalized spacial score (nSPS) is 25.9. The highest BCUT2D eigenvalue weighted by Crippen LogP contribution is 2.56. The zero-order valence-corrected chi connectivity index (χ0v) is 7.14. The van der Waals surface area contributed by atoms with Crippen LogP contribution in [0.25, 0.3) is 0 Å². The first-order chi connectivity index (χ1) is 5.08. The zero-order valence-electron chi connectivity index (χ0n) is 5.43. The topological polar surface area (TPSA) is 18.5 Å². The Bertz CT molecular complexity index is 125. The van der Waals surface area contributed by atoms with Gasteiger partial charge in [0, 0.05) is 5.75 Å². The molecule has 2 nitrogen and oxygen atoms in total. The molecule has 0 N–H and O–H groups in total. The van der Waals surface area contributed by atoms with Gasteiger partial charge in [0.05, 0.1) is 6.61 Å². The number of alkyl halides is 3. The Morgan fingerprint density at radius 2 is 2.27 bits per heavy atom. The molecular formula is C4H6F3O2PS. The van der Waals surface area contributed by atoms with Crippen molar-refractivity contribution in [1.82, 2.24) is 0 Å². The molecule has 11 heavy (non-hydrogen) atoms. The van der Waals surface area contributed by atoms with E-state index in [4.69, 9.17) is 4.52 Å². The van der Waals surface area contributed by atoms with E-state index >= 15 is 0 Å². The van der Waals surface area contributed by atoms with Crippen LogP contribution in [0.3, 0.4) is 0 Å². The molecule has 0 spiro atoms. The first kappa shape index (κ1) is 9.58. The molecule has 0 saturated carbocycles. The molecule has 1 unspecified atom stereocenters. The van der Waals surface area contributed by atoms with Crippen molar-refractivity contribution in [1.29, 1.82) is 0 Å². The molecule has 0 aromatic carbocycles. The maximum absolute atomic E-state index is 11.5. The summed E-state index contributed by atoms with van der Waals surface area (Å²) in [6.07, 6.45) is -4.24. The van der Waals surface area contributed by atoms with Crippen molar-refractivity contribution in [2.45, 2.75) is 6.18 Å². The van der Waals surface area contributed by atoms with E-state index in [0.717, 1.165) is 5.75 Å². The first-order valence-electron chi connectivity index (χ1n) is 2.83. The van der Waals surface area contributed by atoms with E-state index in [0.29, 0.717) is 6.61 Å². The predicted molar refractivity (Wildman–Crippen MR) is 37.3 cm³/mol. The molecule has 0 amide bonds. The van der Waals surface area contributed by atoms with Crippen LogP contribution in [0.4, 0.5) is 13.2 Å². The molecule has 0 aromatic rings. The highest BCUT2D eigenvalue weighted by Gasteiger charge is 2.31. The third-order valence-corrected chi connectivity index (χ3v) is 3.92. The number of halogens is 3. The highest BCUT2D eigenvalue weighted by molar-refractivity contribution is 8.53. The minimum atomic E-state index is -4.24. The first-order valence-corrected chi connectivity index (χ1v) is 5.60. The summed E-state index contributed by atoms with van der Waals surface area (Å²) in [6, 6.07) is 0. The van der Waals surface area contributed by atoms with E-state index in [2.05, 4.69) is 4.52 Å². The monoisotopic (exact) mass is 206 g/mol. The van der Waals surface area contributed by atoms with Crippen LogP contribution in [0.15, 0.2) is 0 Å². The molecule has 0 aromatic heterocycles. The molecule has 1 aliphatic heterocycles. The van der Waals surface area contributed by atoms with Crippen molar-refractivity contribution in [3.05, 3.63) is 0 Å². The van der Waals surface area contributed by atoms with Crippen molar-refractivity contribution in [3.63, 3.8) is 0 Å². The summed E-state index contributed by atoms with van der Waals surface area (Å²) in [7, 11) is -1.31. The smallest absolute Gasteiger partial charge is 0.325 e. The van der Waals surface area contributed by atoms with E-state index in [1.54, 1.807) is 0 Å². The van der Waals surface area contributed by atoms with Gasteiger partial charge in [-0.2, -0.15) is 13.2 Å². The van der Waals surface area contributed by atoms with Crippen molar-refractivity contribution in [2.75, 3.05) is 19.0 Å². The lowest BCUT2D eigenvalue weighted by Crippen LogP contribution is -2.14. The Labute approximate surface area is 67.1 Å². The Morgan fingerprint density at radius 3 is 2.73 bits per heavy atom. The van der Waals surface area contributed by atoms with E-state index in [1.165, 1.54) is 11.4 Å². The van der Waals surface area contributed by atoms with Crippen LogP contribution < -0.4 is 0 Å². The summed E-state index contributed by atoms with van der Waals surface area (Å²) in [5.74, 6) is 0.726. The van der Waals surface area contributed by atoms with E-state index < -0.39 is 20.4 Å². The lowest BCUT2D eigenvalue weighted by Gasteiger charge is -2.10. The summed E-state index contributed by atoms with van der Waals surface area (Å²) in [6.45, 7) is -0.708. The SMILES string of the molecule is FC(F)(F)COP1OCCS1. The molecule has 1 aliphatic rings. The fraction of sp³-hybridized carbons (Fsp3) is 1.00. The molecule has 1 atom stereocenters. The van der Waals surface area contributed by atoms with Gasteiger partial charge in [-0.3, -0.25) is 0 Å². The number of hydrogen-bond donors (Lipinski definition) is 0. The van der Waals surface area contributed by atoms with Gasteiger partial charge in [0.1, 0.15) is 6.61 Å². The van der Waals surface area contributed by atoms with Crippen molar-refractivity contribution >= 4 is 19.0 Å². The molecule has 1 heterocycles. The van der Waals surface area contributed by atoms with E-state index in [-0.39, 0.29) is 0 Å². The largest absolute Gasteiger partial charge is 0.412 e. The molecule has 0 bridgehead atoms. The van der Waals surface area contributed by atoms with Crippen LogP contribution in [0.1, 0.15) is 0 Å². The maximum Gasteiger partial charge on any atom is 0.412 e. The van der Waals surface area contributed by atoms with Gasteiger partial charge in [-0.05, 0) is 0 Å². The van der Waals surface area contributed by atoms with Crippen LogP contribution in [0, 0.1) is 0 Å². The molecule has 1 fully saturated rings. The standard InChI is InChI=1S/C4H6F3O2PS/c5-4(6,7)3-9-10-8-1-2-11-10/h1-3H2. The minimum Gasteiger partial charge on any atom is -0.325 e. The third-order valence-electron chi connectivity index (χ3n) is 0.810. The van der Waals surface area contributed by atoms with E-state index in [1.807, 2.05) is 0 Å². The van der Waals surface area contributed by atoms with Crippen LogP contribution in [0.2, 0.25) is 0 Å². The summed E-state index contributed by atoms with van der Waals surface area (Å²) in [4.78, 5) is 0. The average Bonchev–Trinajstić information content (AvgIpc) is 2.32. The molecule has 1 saturated heterocycles. The lowest BCUT2D eigenvalue weighted by atomic mass is 10.7. The Hall–Kier alpha value is 0.490. The lowest BCUT2D eigenvalue weighted by molar-refractivity contribution is -0.153. The zero-order chi connectivity index (χ0) is 8.32. The van der Waals surface area contributed by atoms with Gasteiger partial charge in [-0.25, -0.2) is 0 Å². The Kier molecular flexibility index (Phi) is 3.43. The molecular weight excluding hydrogens is 200 g/mol. The van der Waals surface area contributed by atoms with Crippen LogP contribution in [-0.2, 0) is 9.05 Å². The minimum absolute atomic E-state index is 0.494. The van der Waals surface area contributed by atoms with Gasteiger partial charge in [0.2, 0.25) is 7.58 Å². The number of hydrogen-bond acceptors (Lipinski definition) is 3. The molecule has 66 valence electrons. The van der Waals surface area contributed by atoms with Crippen LogP contribution >= 0.6 is 19.0 Å². The predicted octanol–water partition coefficient (Wildman–Crippen LogP) is 2.56. The Balaban J connectivity index is 2.11. The van der Waals surface area contributed by atoms with Crippen molar-refractivity contribution in [3.8, 4) is 0 Å². The Morgan fingerprint density at radius 1 is 1.55 bits per heavy atom. The summed E-state index contributed by atoms with van der Waals surface area (Å²) in [5.41, 5.74) is 0. The fourth-order valence-corrected chi connectivity index (χ4v) is 3.11. The van der Waals surface area contributed by atoms with E-state index in [9.17, 15) is 13.2 Å². The number of rotatable bonds is 2. The van der Waals surface area contributed by atoms with Crippen LogP contribution in [-0.4, -0.2) is 25.1 Å². The quantitative estimate of drug-likeness (QED) is 0.647. The van der Waals surface area contributed by atoms with Crippen molar-refractivity contribution in [2.24, 2.45) is 0 Å². The second-order valence-corrected chi connectivity index (χ2v) is 5.08. The highest BCUT2D eigenvalue weighted by atomic mass is 32.7. The van der Waals surface area contributed by atoms with Gasteiger partial charge < -0.3 is 9.05 Å². The maximum atomic E-state index is 11.5. The second-order valence-electron chi connectivity index (χ2n) is 1.78. The average molecular weight is 206 g/mol. The van der Waals surface area contributed by atoms with Gasteiger partial charge in [0.15, 0.2) is 0 Å². The van der Waals surface area contributed by atoms with Crippen molar-refractivity contribution < 1.29 is 22.2 Å². The fourth-order valence-electron chi connectivity index (χ4n) is 0.461. The van der Waals surface area contributed by atoms with Gasteiger partial charge in [-0.1, -0.05) is 11.4 Å². The van der Waals surface area contributed by atoms with Gasteiger partial charge >= 0.3 is 6.18 Å². The summed E-state index contributed by atoms with van der Waals surface area (Å²) < 4.78 is 43.9. The second kappa shape index (κ2) is 3.94. The molecule has 7 heteroatoms. The summed E-state index contributed by atoms with van der Waals surface area (Å²) >= 11 is 1.30. The molecule has 0 aliphatic carbocycles. The molecule has 0 radical (unpaired) electrons. The third kappa shape index (κ3) is 4.15. The van der Waals surface area contributed by atoms with Gasteiger partial charge in [-0.15, -0.1) is 0 Å². The van der Waals surface area contributed by atoms with Crippen LogP contribution in [0.5, 0.6) is 0 Å². The van der Waals surface area contributed by atoms with Gasteiger partial charge in [0.25, 0.3) is 0 Å². The summed E-state index contributed by atoms with van der Waals surface area (Å²) in [5, 5.41) is 0.